The zero-order chi connectivity index (χ0) is 26.3. The highest BCUT2D eigenvalue weighted by molar-refractivity contribution is 6.03. The lowest BCUT2D eigenvalue weighted by molar-refractivity contribution is -0.143. The minimum Gasteiger partial charge on any atom is -0.368 e. The van der Waals surface area contributed by atoms with E-state index in [4.69, 9.17) is 5.73 Å². The molecule has 0 aliphatic carbocycles. The summed E-state index contributed by atoms with van der Waals surface area (Å²) in [5.41, 5.74) is 1.95. The third-order valence-electron chi connectivity index (χ3n) is 5.79. The number of nitrogens with two attached hydrogens (primary N) is 1. The number of rotatable bonds is 5. The molecule has 0 saturated carbocycles. The maximum atomic E-state index is 13.2. The monoisotopic (exact) mass is 504 g/mol. The van der Waals surface area contributed by atoms with Gasteiger partial charge in [-0.1, -0.05) is 48.5 Å². The van der Waals surface area contributed by atoms with E-state index < -0.39 is 46.9 Å². The number of amides is 2. The molecule has 0 aliphatic heterocycles. The average molecular weight is 504 g/mol. The average Bonchev–Trinajstić information content (AvgIpc) is 2.81. The zero-order valence-electron chi connectivity index (χ0n) is 18.4. The third-order valence-corrected chi connectivity index (χ3v) is 5.79. The molecule has 0 aliphatic rings. The van der Waals surface area contributed by atoms with Crippen molar-refractivity contribution in [3.8, 4) is 0 Å². The minimum atomic E-state index is -5.12. The lowest BCUT2D eigenvalue weighted by Crippen LogP contribution is -2.46. The van der Waals surface area contributed by atoms with Gasteiger partial charge in [-0.15, -0.1) is 0 Å². The smallest absolute Gasteiger partial charge is 0.368 e. The molecule has 2 amide bonds. The molecule has 0 bridgehead atoms. The summed E-state index contributed by atoms with van der Waals surface area (Å²) in [6.07, 6.45) is -10.4. The van der Waals surface area contributed by atoms with Gasteiger partial charge in [-0.05, 0) is 51.4 Å². The van der Waals surface area contributed by atoms with Crippen LogP contribution in [0.4, 0.5) is 26.3 Å². The Morgan fingerprint density at radius 3 is 1.67 bits per heavy atom. The second-order valence-corrected chi connectivity index (χ2v) is 8.22. The molecule has 0 heterocycles. The number of carbonyl (C=O) groups excluding carboxylic acids is 2. The normalized spacial score (nSPS) is 13.1. The van der Waals surface area contributed by atoms with Crippen LogP contribution in [0.1, 0.15) is 27.0 Å². The van der Waals surface area contributed by atoms with Gasteiger partial charge in [-0.3, -0.25) is 9.59 Å². The highest BCUT2D eigenvalue weighted by Crippen LogP contribution is 2.36. The molecule has 3 N–H and O–H groups in total. The molecule has 10 heteroatoms. The zero-order valence-corrected chi connectivity index (χ0v) is 18.4. The van der Waals surface area contributed by atoms with Gasteiger partial charge < -0.3 is 11.1 Å². The van der Waals surface area contributed by atoms with Crippen LogP contribution in [0, 0.1) is 0 Å². The molecule has 0 spiro atoms. The van der Waals surface area contributed by atoms with Gasteiger partial charge in [0, 0.05) is 12.0 Å². The van der Waals surface area contributed by atoms with Crippen LogP contribution in [0.15, 0.2) is 72.8 Å². The van der Waals surface area contributed by atoms with Gasteiger partial charge in [-0.2, -0.15) is 26.3 Å². The van der Waals surface area contributed by atoms with Crippen molar-refractivity contribution in [2.45, 2.75) is 24.8 Å². The van der Waals surface area contributed by atoms with Gasteiger partial charge in [0.25, 0.3) is 5.91 Å². The number of alkyl halides is 6. The number of halogens is 6. The highest BCUT2D eigenvalue weighted by Gasteiger charge is 2.37. The van der Waals surface area contributed by atoms with Crippen molar-refractivity contribution >= 4 is 33.4 Å². The molecule has 36 heavy (non-hydrogen) atoms. The molecule has 0 aromatic heterocycles. The Morgan fingerprint density at radius 2 is 1.22 bits per heavy atom. The van der Waals surface area contributed by atoms with Gasteiger partial charge >= 0.3 is 12.4 Å². The standard InChI is InChI=1S/C26H18F6N2O2/c27-25(28,29)17-10-16(11-18(12-17)26(30,31)32)24(36)34-22(23(33)35)13-21-19-7-3-1-5-14(19)9-15-6-2-4-8-20(15)21/h1-12,22H,13H2,(H2,33,35)(H,34,36)/t22-/m0/s1. The van der Waals surface area contributed by atoms with E-state index in [0.29, 0.717) is 17.7 Å². The molecular formula is C26H18F6N2O2. The van der Waals surface area contributed by atoms with Crippen molar-refractivity contribution in [2.75, 3.05) is 0 Å². The molecule has 0 saturated heterocycles. The van der Waals surface area contributed by atoms with Crippen LogP contribution in [-0.2, 0) is 23.6 Å². The predicted octanol–water partition coefficient (Wildman–Crippen LogP) is 5.86. The molecule has 0 radical (unpaired) electrons. The summed E-state index contributed by atoms with van der Waals surface area (Å²) in [7, 11) is 0. The molecule has 4 rings (SSSR count). The van der Waals surface area contributed by atoms with Crippen molar-refractivity contribution < 1.29 is 35.9 Å². The van der Waals surface area contributed by atoms with E-state index in [1.165, 1.54) is 0 Å². The fourth-order valence-corrected chi connectivity index (χ4v) is 4.08. The summed E-state index contributed by atoms with van der Waals surface area (Å²) in [6, 6.07) is 15.6. The number of nitrogens with one attached hydrogen (secondary N) is 1. The molecule has 1 atom stereocenters. The van der Waals surface area contributed by atoms with E-state index in [2.05, 4.69) is 5.32 Å². The summed E-state index contributed by atoms with van der Waals surface area (Å²) in [5.74, 6) is -2.29. The maximum Gasteiger partial charge on any atom is 0.416 e. The quantitative estimate of drug-likeness (QED) is 0.264. The van der Waals surface area contributed by atoms with Gasteiger partial charge in [-0.25, -0.2) is 0 Å². The van der Waals surface area contributed by atoms with Crippen LogP contribution in [0.5, 0.6) is 0 Å². The first-order valence-electron chi connectivity index (χ1n) is 10.6. The number of hydrogen-bond acceptors (Lipinski definition) is 2. The van der Waals surface area contributed by atoms with E-state index in [1.54, 1.807) is 24.3 Å². The Bertz CT molecular complexity index is 1390. The predicted molar refractivity (Wildman–Crippen MR) is 122 cm³/mol. The Balaban J connectivity index is 1.74. The maximum absolute atomic E-state index is 13.2. The first kappa shape index (κ1) is 25.0. The number of hydrogen-bond donors (Lipinski definition) is 2. The summed E-state index contributed by atoms with van der Waals surface area (Å²) in [6.45, 7) is 0. The van der Waals surface area contributed by atoms with Gasteiger partial charge in [0.15, 0.2) is 0 Å². The van der Waals surface area contributed by atoms with Gasteiger partial charge in [0.2, 0.25) is 5.91 Å². The van der Waals surface area contributed by atoms with Crippen molar-refractivity contribution in [3.05, 3.63) is 95.1 Å². The second kappa shape index (κ2) is 9.18. The topological polar surface area (TPSA) is 72.2 Å². The Morgan fingerprint density at radius 1 is 0.750 bits per heavy atom. The van der Waals surface area contributed by atoms with Crippen LogP contribution in [0.2, 0.25) is 0 Å². The van der Waals surface area contributed by atoms with E-state index in [-0.39, 0.29) is 12.5 Å². The molecule has 4 nitrogen and oxygen atoms in total. The van der Waals surface area contributed by atoms with Crippen LogP contribution < -0.4 is 11.1 Å². The third kappa shape index (κ3) is 5.12. The van der Waals surface area contributed by atoms with Crippen LogP contribution >= 0.6 is 0 Å². The van der Waals surface area contributed by atoms with Gasteiger partial charge in [0.1, 0.15) is 6.04 Å². The number of fused-ring (bicyclic) bond motifs is 2. The fraction of sp³-hybridized carbons (Fsp3) is 0.154. The summed E-state index contributed by atoms with van der Waals surface area (Å²) < 4.78 is 79.2. The first-order valence-corrected chi connectivity index (χ1v) is 10.6. The first-order chi connectivity index (χ1) is 16.8. The van der Waals surface area contributed by atoms with Crippen LogP contribution in [0.3, 0.4) is 0 Å². The molecule has 0 fully saturated rings. The van der Waals surface area contributed by atoms with E-state index in [0.717, 1.165) is 21.5 Å². The van der Waals surface area contributed by atoms with Crippen molar-refractivity contribution in [1.29, 1.82) is 0 Å². The number of primary amides is 1. The minimum absolute atomic E-state index is 0.0788. The summed E-state index contributed by atoms with van der Waals surface area (Å²) >= 11 is 0. The summed E-state index contributed by atoms with van der Waals surface area (Å²) in [5, 5.41) is 5.42. The van der Waals surface area contributed by atoms with Crippen molar-refractivity contribution in [3.63, 3.8) is 0 Å². The Kier molecular flexibility index (Phi) is 6.38. The molecular weight excluding hydrogens is 486 g/mol. The van der Waals surface area contributed by atoms with E-state index >= 15 is 0 Å². The van der Waals surface area contributed by atoms with Gasteiger partial charge in [0.05, 0.1) is 11.1 Å². The van der Waals surface area contributed by atoms with Crippen molar-refractivity contribution in [1.82, 2.24) is 5.32 Å². The number of benzene rings is 4. The Hall–Kier alpha value is -4.08. The lowest BCUT2D eigenvalue weighted by atomic mass is 9.92. The lowest BCUT2D eigenvalue weighted by Gasteiger charge is -2.20. The summed E-state index contributed by atoms with van der Waals surface area (Å²) in [4.78, 5) is 25.0. The SMILES string of the molecule is NC(=O)[C@H](Cc1c2ccccc2cc2ccccc12)NC(=O)c1cc(C(F)(F)F)cc(C(F)(F)F)c1. The van der Waals surface area contributed by atoms with Crippen molar-refractivity contribution in [2.24, 2.45) is 5.73 Å². The largest absolute Gasteiger partial charge is 0.416 e. The molecule has 4 aromatic carbocycles. The van der Waals surface area contributed by atoms with E-state index in [9.17, 15) is 35.9 Å². The molecule has 4 aromatic rings. The number of carbonyl (C=O) groups is 2. The highest BCUT2D eigenvalue weighted by atomic mass is 19.4. The van der Waals surface area contributed by atoms with E-state index in [1.807, 2.05) is 30.3 Å². The van der Waals surface area contributed by atoms with Crippen LogP contribution in [0.25, 0.3) is 21.5 Å². The van der Waals surface area contributed by atoms with Crippen LogP contribution in [-0.4, -0.2) is 17.9 Å². The fourth-order valence-electron chi connectivity index (χ4n) is 4.08. The second-order valence-electron chi connectivity index (χ2n) is 8.22. The molecule has 0 unspecified atom stereocenters. The molecule has 186 valence electrons. The Labute approximate surface area is 200 Å².